The monoisotopic (exact) mass is 577 g/mol. The number of carbonyl (C=O) groups is 2. The highest BCUT2D eigenvalue weighted by Gasteiger charge is 2.57. The number of nitrogens with zero attached hydrogens (tertiary/aromatic N) is 1. The van der Waals surface area contributed by atoms with E-state index in [0.29, 0.717) is 76.0 Å². The minimum absolute atomic E-state index is 0.00161. The highest BCUT2D eigenvalue weighted by atomic mass is 19.4. The van der Waals surface area contributed by atoms with Crippen LogP contribution >= 0.6 is 0 Å². The Bertz CT molecular complexity index is 1340. The second kappa shape index (κ2) is 10.4. The molecule has 0 bridgehead atoms. The number of hydrogen-bond acceptors (Lipinski definition) is 2. The van der Waals surface area contributed by atoms with Gasteiger partial charge >= 0.3 is 12.1 Å². The average Bonchev–Trinajstić information content (AvgIpc) is 3.28. The normalized spacial score (nSPS) is 27.6. The lowest BCUT2D eigenvalue weighted by Gasteiger charge is -2.46. The molecule has 2 aliphatic carbocycles. The second-order valence-electron chi connectivity index (χ2n) is 12.4. The van der Waals surface area contributed by atoms with Crippen LogP contribution in [-0.2, 0) is 33.5 Å². The Kier molecular flexibility index (Phi) is 7.48. The molecule has 9 heteroatoms. The molecule has 1 saturated heterocycles. The van der Waals surface area contributed by atoms with Crippen molar-refractivity contribution in [1.82, 2.24) is 4.90 Å². The van der Waals surface area contributed by atoms with E-state index in [4.69, 9.17) is 0 Å². The number of benzene rings is 2. The molecule has 1 amide bonds. The molecule has 1 N–H and O–H groups in total. The zero-order valence-corrected chi connectivity index (χ0v) is 23.6. The molecule has 0 aromatic heterocycles. The maximum Gasteiger partial charge on any atom is 0.426 e. The molecule has 1 heterocycles. The predicted molar refractivity (Wildman–Crippen MR) is 144 cm³/mol. The maximum absolute atomic E-state index is 15.4. The molecule has 0 radical (unpaired) electrons. The van der Waals surface area contributed by atoms with Crippen LogP contribution in [0.1, 0.15) is 78.8 Å². The minimum atomic E-state index is -5.07. The van der Waals surface area contributed by atoms with E-state index >= 15 is 4.39 Å². The summed E-state index contributed by atoms with van der Waals surface area (Å²) in [6, 6.07) is 7.62. The first-order chi connectivity index (χ1) is 19.2. The summed E-state index contributed by atoms with van der Waals surface area (Å²) >= 11 is 0. The third kappa shape index (κ3) is 4.93. The van der Waals surface area contributed by atoms with Gasteiger partial charge in [-0.2, -0.15) is 13.2 Å². The van der Waals surface area contributed by atoms with Gasteiger partial charge in [-0.1, -0.05) is 18.2 Å². The first-order valence-corrected chi connectivity index (χ1v) is 14.3. The van der Waals surface area contributed by atoms with E-state index in [9.17, 15) is 32.3 Å². The number of fused-ring (bicyclic) bond motifs is 3. The molecule has 5 rings (SSSR count). The van der Waals surface area contributed by atoms with Gasteiger partial charge in [0.1, 0.15) is 5.82 Å². The molecule has 41 heavy (non-hydrogen) atoms. The molecule has 2 aromatic carbocycles. The van der Waals surface area contributed by atoms with Crippen molar-refractivity contribution in [3.63, 3.8) is 0 Å². The largest absolute Gasteiger partial charge is 0.481 e. The van der Waals surface area contributed by atoms with Gasteiger partial charge in [0.05, 0.1) is 5.92 Å². The average molecular weight is 578 g/mol. The van der Waals surface area contributed by atoms with Crippen molar-refractivity contribution in [3.05, 3.63) is 69.5 Å². The summed E-state index contributed by atoms with van der Waals surface area (Å²) in [7, 11) is 0. The van der Waals surface area contributed by atoms with E-state index in [0.717, 1.165) is 11.1 Å². The molecule has 3 aliphatic rings. The van der Waals surface area contributed by atoms with Gasteiger partial charge in [-0.25, -0.2) is 8.78 Å². The van der Waals surface area contributed by atoms with Crippen LogP contribution in [0.25, 0.3) is 0 Å². The van der Waals surface area contributed by atoms with Gasteiger partial charge < -0.3 is 10.0 Å². The van der Waals surface area contributed by atoms with Crippen LogP contribution in [0.4, 0.5) is 22.0 Å². The van der Waals surface area contributed by atoms with Crippen LogP contribution in [0.15, 0.2) is 30.3 Å². The number of amides is 1. The summed E-state index contributed by atoms with van der Waals surface area (Å²) in [5.41, 5.74) is -1.56. The van der Waals surface area contributed by atoms with E-state index in [1.54, 1.807) is 25.1 Å². The van der Waals surface area contributed by atoms with Crippen molar-refractivity contribution >= 4 is 11.9 Å². The number of likely N-dealkylation sites (tertiary alicyclic amines) is 1. The molecule has 1 saturated carbocycles. The van der Waals surface area contributed by atoms with Crippen LogP contribution in [0, 0.1) is 31.5 Å². The van der Waals surface area contributed by atoms with Crippen LogP contribution in [0.5, 0.6) is 0 Å². The molecule has 222 valence electrons. The van der Waals surface area contributed by atoms with Crippen molar-refractivity contribution in [2.24, 2.45) is 11.8 Å². The Balaban J connectivity index is 1.56. The van der Waals surface area contributed by atoms with Gasteiger partial charge in [0.25, 0.3) is 0 Å². The van der Waals surface area contributed by atoms with Crippen molar-refractivity contribution in [2.45, 2.75) is 95.4 Å². The fourth-order valence-corrected chi connectivity index (χ4v) is 7.98. The number of aliphatic carboxylic acids is 1. The molecular formula is C32H36F5NO3. The Hall–Kier alpha value is -2.97. The lowest BCUT2D eigenvalue weighted by molar-refractivity contribution is -0.229. The van der Waals surface area contributed by atoms with E-state index in [1.165, 1.54) is 19.1 Å². The molecular weight excluding hydrogens is 541 g/mol. The maximum atomic E-state index is 15.4. The number of hydrogen-bond donors (Lipinski definition) is 1. The van der Waals surface area contributed by atoms with Gasteiger partial charge in [-0.15, -0.1) is 0 Å². The quantitative estimate of drug-likeness (QED) is 0.386. The summed E-state index contributed by atoms with van der Waals surface area (Å²) in [5, 5.41) is 9.37. The van der Waals surface area contributed by atoms with E-state index in [1.807, 2.05) is 4.90 Å². The Morgan fingerprint density at radius 1 is 1.00 bits per heavy atom. The summed E-state index contributed by atoms with van der Waals surface area (Å²) < 4.78 is 70.6. The topological polar surface area (TPSA) is 57.6 Å². The van der Waals surface area contributed by atoms with Gasteiger partial charge in [-0.3, -0.25) is 9.59 Å². The fourth-order valence-electron chi connectivity index (χ4n) is 7.98. The van der Waals surface area contributed by atoms with Crippen LogP contribution in [-0.4, -0.2) is 40.6 Å². The second-order valence-corrected chi connectivity index (χ2v) is 12.4. The summed E-state index contributed by atoms with van der Waals surface area (Å²) in [6.45, 7) is 4.12. The van der Waals surface area contributed by atoms with Crippen LogP contribution in [0.3, 0.4) is 0 Å². The zero-order chi connectivity index (χ0) is 29.9. The van der Waals surface area contributed by atoms with Crippen molar-refractivity contribution in [3.8, 4) is 0 Å². The molecule has 2 fully saturated rings. The van der Waals surface area contributed by atoms with E-state index in [-0.39, 0.29) is 34.8 Å². The zero-order valence-electron chi connectivity index (χ0n) is 23.6. The van der Waals surface area contributed by atoms with Crippen LogP contribution < -0.4 is 0 Å². The lowest BCUT2D eigenvalue weighted by Crippen LogP contribution is -2.51. The van der Waals surface area contributed by atoms with Gasteiger partial charge in [-0.05, 0) is 112 Å². The van der Waals surface area contributed by atoms with Crippen LogP contribution in [0.2, 0.25) is 0 Å². The minimum Gasteiger partial charge on any atom is -0.481 e. The Morgan fingerprint density at radius 2 is 1.61 bits per heavy atom. The molecule has 1 unspecified atom stereocenters. The number of carboxylic acids is 1. The first kappa shape index (κ1) is 29.5. The molecule has 2 aromatic rings. The third-order valence-electron chi connectivity index (χ3n) is 10.1. The molecule has 4 nitrogen and oxygen atoms in total. The number of rotatable bonds is 5. The summed E-state index contributed by atoms with van der Waals surface area (Å²) in [6.07, 6.45) is -1.18. The summed E-state index contributed by atoms with van der Waals surface area (Å²) in [4.78, 5) is 27.2. The standard InChI is InChI=1S/C32H36F5NO3/c1-18-16-25-24(19(2)27(18)30(3,34)32(35,36)37)12-13-26-31(25,17-20-4-10-23(33)11-5-20)14-15-38(26)28(39)21-6-8-22(9-7-21)29(40)41/h4-5,10-11,16,21-22,26H,6-9,12-15,17H2,1-3H3,(H,40,41)/t21?,22?,26-,30?,31-/m1/s1. The van der Waals surface area contributed by atoms with Crippen molar-refractivity contribution < 1.29 is 36.6 Å². The smallest absolute Gasteiger partial charge is 0.426 e. The van der Waals surface area contributed by atoms with Gasteiger partial charge in [0.2, 0.25) is 11.6 Å². The number of alkyl halides is 4. The van der Waals surface area contributed by atoms with E-state index in [2.05, 4.69) is 0 Å². The first-order valence-electron chi connectivity index (χ1n) is 14.3. The van der Waals surface area contributed by atoms with Gasteiger partial charge in [0, 0.05) is 29.5 Å². The predicted octanol–water partition coefficient (Wildman–Crippen LogP) is 7.11. The number of carbonyl (C=O) groups excluding carboxylic acids is 1. The summed E-state index contributed by atoms with van der Waals surface area (Å²) in [5.74, 6) is -1.91. The molecule has 0 spiro atoms. The Morgan fingerprint density at radius 3 is 2.20 bits per heavy atom. The lowest BCUT2D eigenvalue weighted by atomic mass is 9.62. The number of carboxylic acid groups (broad SMARTS) is 1. The molecule has 1 aliphatic heterocycles. The third-order valence-corrected chi connectivity index (χ3v) is 10.1. The van der Waals surface area contributed by atoms with Crippen molar-refractivity contribution in [2.75, 3.05) is 6.54 Å². The molecule has 3 atom stereocenters. The van der Waals surface area contributed by atoms with Crippen molar-refractivity contribution in [1.29, 1.82) is 0 Å². The highest BCUT2D eigenvalue weighted by molar-refractivity contribution is 5.81. The number of halogens is 5. The van der Waals surface area contributed by atoms with E-state index < -0.39 is 29.1 Å². The van der Waals surface area contributed by atoms with Gasteiger partial charge in [0.15, 0.2) is 0 Å². The highest BCUT2D eigenvalue weighted by Crippen LogP contribution is 2.53. The number of aryl methyl sites for hydroxylation is 1. The fraction of sp³-hybridized carbons (Fsp3) is 0.562. The Labute approximate surface area is 236 Å². The SMILES string of the molecule is Cc1cc2c(c(C)c1C(C)(F)C(F)(F)F)CC[C@H]1N(C(=O)C3CCC(C(=O)O)CC3)CC[C@@]21Cc1ccc(F)cc1.